The predicted octanol–water partition coefficient (Wildman–Crippen LogP) is 4.90. The van der Waals surface area contributed by atoms with Crippen molar-refractivity contribution in [1.29, 1.82) is 0 Å². The van der Waals surface area contributed by atoms with Crippen molar-refractivity contribution in [3.63, 3.8) is 0 Å². The van der Waals surface area contributed by atoms with Crippen molar-refractivity contribution in [2.45, 2.75) is 19.4 Å². The Balaban J connectivity index is 2.06. The Morgan fingerprint density at radius 2 is 1.85 bits per heavy atom. The molecule has 0 aliphatic carbocycles. The summed E-state index contributed by atoms with van der Waals surface area (Å²) >= 11 is 6.00. The number of hydrogen-bond acceptors (Lipinski definition) is 4. The molecule has 0 aromatic heterocycles. The number of rotatable bonds is 9. The van der Waals surface area contributed by atoms with Gasteiger partial charge in [0, 0.05) is 18.0 Å². The molecule has 27 heavy (non-hydrogen) atoms. The van der Waals surface area contributed by atoms with Gasteiger partial charge in [0.15, 0.2) is 5.69 Å². The van der Waals surface area contributed by atoms with E-state index in [1.165, 1.54) is 0 Å². The molecule has 0 fully saturated rings. The minimum atomic E-state index is -0.237. The molecule has 0 N–H and O–H groups in total. The van der Waals surface area contributed by atoms with E-state index >= 15 is 0 Å². The van der Waals surface area contributed by atoms with Crippen molar-refractivity contribution in [2.24, 2.45) is 0 Å². The molecule has 2 rings (SSSR count). The number of nitrogens with zero attached hydrogens (tertiary/aromatic N) is 2. The maximum absolute atomic E-state index is 11.6. The van der Waals surface area contributed by atoms with Gasteiger partial charge < -0.3 is 9.47 Å². The van der Waals surface area contributed by atoms with Crippen LogP contribution >= 0.6 is 11.6 Å². The molecule has 0 bridgehead atoms. The normalized spacial score (nSPS) is 11.7. The SMILES string of the molecule is [C-]#[N+]c1ccc(OC(CCN(C)CC(=O)OCC)c2ccc(Cl)cc2)cc1. The first-order chi connectivity index (χ1) is 13.0. The van der Waals surface area contributed by atoms with Crippen molar-refractivity contribution >= 4 is 23.3 Å². The van der Waals surface area contributed by atoms with Crippen molar-refractivity contribution in [2.75, 3.05) is 26.7 Å². The first kappa shape index (κ1) is 20.8. The second kappa shape index (κ2) is 10.6. The van der Waals surface area contributed by atoms with Gasteiger partial charge in [-0.1, -0.05) is 35.9 Å². The summed E-state index contributed by atoms with van der Waals surface area (Å²) in [7, 11) is 1.88. The molecule has 0 spiro atoms. The molecule has 0 saturated heterocycles. The number of esters is 1. The number of likely N-dealkylation sites (N-methyl/N-ethyl adjacent to an activating group) is 1. The van der Waals surface area contributed by atoms with Crippen LogP contribution < -0.4 is 4.74 Å². The van der Waals surface area contributed by atoms with Crippen molar-refractivity contribution in [3.05, 3.63) is 70.5 Å². The van der Waals surface area contributed by atoms with E-state index in [0.717, 1.165) is 5.56 Å². The van der Waals surface area contributed by atoms with Crippen LogP contribution in [0.15, 0.2) is 48.5 Å². The topological polar surface area (TPSA) is 43.1 Å². The number of hydrogen-bond donors (Lipinski definition) is 0. The number of carbonyl (C=O) groups excluding carboxylic acids is 1. The first-order valence-corrected chi connectivity index (χ1v) is 9.13. The van der Waals surface area contributed by atoms with Crippen LogP contribution in [0, 0.1) is 6.57 Å². The average Bonchev–Trinajstić information content (AvgIpc) is 2.66. The molecule has 0 amide bonds. The van der Waals surface area contributed by atoms with Crippen molar-refractivity contribution in [3.8, 4) is 5.75 Å². The van der Waals surface area contributed by atoms with E-state index in [1.54, 1.807) is 31.2 Å². The third kappa shape index (κ3) is 6.93. The van der Waals surface area contributed by atoms with Crippen LogP contribution in [0.1, 0.15) is 25.0 Å². The molecule has 1 unspecified atom stereocenters. The number of ether oxygens (including phenoxy) is 2. The van der Waals surface area contributed by atoms with Gasteiger partial charge in [0.2, 0.25) is 0 Å². The Bertz CT molecular complexity index is 770. The molecule has 0 radical (unpaired) electrons. The third-order valence-electron chi connectivity index (χ3n) is 3.96. The average molecular weight is 387 g/mol. The fourth-order valence-corrected chi connectivity index (χ4v) is 2.70. The Morgan fingerprint density at radius 1 is 1.19 bits per heavy atom. The molecule has 5 nitrogen and oxygen atoms in total. The van der Waals surface area contributed by atoms with E-state index in [0.29, 0.717) is 36.0 Å². The smallest absolute Gasteiger partial charge is 0.320 e. The standard InChI is InChI=1S/C21H23ClN2O3/c1-4-26-21(25)15-24(3)14-13-20(16-5-7-17(22)8-6-16)27-19-11-9-18(23-2)10-12-19/h5-12,20H,4,13-15H2,1,3H3. The lowest BCUT2D eigenvalue weighted by Gasteiger charge is -2.23. The van der Waals surface area contributed by atoms with Crippen LogP contribution in [0.4, 0.5) is 5.69 Å². The summed E-state index contributed by atoms with van der Waals surface area (Å²) in [6, 6.07) is 14.6. The summed E-state index contributed by atoms with van der Waals surface area (Å²) < 4.78 is 11.1. The van der Waals surface area contributed by atoms with Crippen molar-refractivity contribution < 1.29 is 14.3 Å². The van der Waals surface area contributed by atoms with E-state index in [9.17, 15) is 4.79 Å². The maximum atomic E-state index is 11.6. The molecular formula is C21H23ClN2O3. The Labute approximate surface area is 165 Å². The number of carbonyl (C=O) groups is 1. The largest absolute Gasteiger partial charge is 0.486 e. The Hall–Kier alpha value is -2.55. The highest BCUT2D eigenvalue weighted by atomic mass is 35.5. The number of halogens is 1. The zero-order valence-electron chi connectivity index (χ0n) is 15.5. The van der Waals surface area contributed by atoms with Gasteiger partial charge in [-0.3, -0.25) is 9.69 Å². The molecule has 0 aliphatic heterocycles. The molecular weight excluding hydrogens is 364 g/mol. The Kier molecular flexibility index (Phi) is 8.12. The first-order valence-electron chi connectivity index (χ1n) is 8.75. The molecule has 142 valence electrons. The van der Waals surface area contributed by atoms with E-state index in [-0.39, 0.29) is 18.6 Å². The number of benzene rings is 2. The van der Waals surface area contributed by atoms with Crippen molar-refractivity contribution in [1.82, 2.24) is 4.90 Å². The Morgan fingerprint density at radius 3 is 2.44 bits per heavy atom. The summed E-state index contributed by atoms with van der Waals surface area (Å²) in [5.41, 5.74) is 1.57. The van der Waals surface area contributed by atoms with Gasteiger partial charge in [-0.15, -0.1) is 0 Å². The van der Waals surface area contributed by atoms with Crippen LogP contribution in [0.5, 0.6) is 5.75 Å². The molecule has 1 atom stereocenters. The highest BCUT2D eigenvalue weighted by Gasteiger charge is 2.16. The summed E-state index contributed by atoms with van der Waals surface area (Å²) in [6.45, 7) is 10.1. The van der Waals surface area contributed by atoms with Crippen LogP contribution in [0.25, 0.3) is 4.85 Å². The van der Waals surface area contributed by atoms with Crippen LogP contribution in [0.2, 0.25) is 5.02 Å². The van der Waals surface area contributed by atoms with Crippen LogP contribution in [0.3, 0.4) is 0 Å². The predicted molar refractivity (Wildman–Crippen MR) is 106 cm³/mol. The second-order valence-corrected chi connectivity index (χ2v) is 6.53. The van der Waals surface area contributed by atoms with E-state index < -0.39 is 0 Å². The van der Waals surface area contributed by atoms with Gasteiger partial charge in [0.25, 0.3) is 0 Å². The quantitative estimate of drug-likeness (QED) is 0.454. The third-order valence-corrected chi connectivity index (χ3v) is 4.22. The second-order valence-electron chi connectivity index (χ2n) is 6.10. The van der Waals surface area contributed by atoms with Gasteiger partial charge in [-0.05, 0) is 43.8 Å². The highest BCUT2D eigenvalue weighted by Crippen LogP contribution is 2.27. The monoisotopic (exact) mass is 386 g/mol. The minimum Gasteiger partial charge on any atom is -0.486 e. The zero-order valence-corrected chi connectivity index (χ0v) is 16.3. The van der Waals surface area contributed by atoms with Gasteiger partial charge in [0.1, 0.15) is 11.9 Å². The lowest BCUT2D eigenvalue weighted by atomic mass is 10.1. The maximum Gasteiger partial charge on any atom is 0.320 e. The zero-order chi connectivity index (χ0) is 19.6. The molecule has 0 saturated carbocycles. The van der Waals surface area contributed by atoms with Crippen LogP contribution in [-0.4, -0.2) is 37.6 Å². The molecule has 6 heteroatoms. The van der Waals surface area contributed by atoms with Gasteiger partial charge >= 0.3 is 5.97 Å². The fourth-order valence-electron chi connectivity index (χ4n) is 2.58. The highest BCUT2D eigenvalue weighted by molar-refractivity contribution is 6.30. The fraction of sp³-hybridized carbons (Fsp3) is 0.333. The summed E-state index contributed by atoms with van der Waals surface area (Å²) in [5.74, 6) is 0.453. The lowest BCUT2D eigenvalue weighted by molar-refractivity contribution is -0.144. The summed E-state index contributed by atoms with van der Waals surface area (Å²) in [6.07, 6.45) is 0.480. The minimum absolute atomic E-state index is 0.203. The van der Waals surface area contributed by atoms with E-state index in [4.69, 9.17) is 27.6 Å². The lowest BCUT2D eigenvalue weighted by Crippen LogP contribution is -2.29. The molecule has 0 heterocycles. The molecule has 2 aromatic carbocycles. The van der Waals surface area contributed by atoms with E-state index in [2.05, 4.69) is 4.85 Å². The van der Waals surface area contributed by atoms with E-state index in [1.807, 2.05) is 36.2 Å². The molecule has 2 aromatic rings. The summed E-state index contributed by atoms with van der Waals surface area (Å²) in [4.78, 5) is 16.9. The van der Waals surface area contributed by atoms with Crippen LogP contribution in [-0.2, 0) is 9.53 Å². The molecule has 0 aliphatic rings. The summed E-state index contributed by atoms with van der Waals surface area (Å²) in [5, 5.41) is 0.665. The van der Waals surface area contributed by atoms with Gasteiger partial charge in [-0.25, -0.2) is 4.85 Å². The van der Waals surface area contributed by atoms with Gasteiger partial charge in [0.05, 0.1) is 19.7 Å². The van der Waals surface area contributed by atoms with Gasteiger partial charge in [-0.2, -0.15) is 0 Å².